The highest BCUT2D eigenvalue weighted by Gasteiger charge is 2.16. The monoisotopic (exact) mass is 398 g/mol. The Hall–Kier alpha value is -3.44. The molecular weight excluding hydrogens is 372 g/mol. The third-order valence-electron chi connectivity index (χ3n) is 5.42. The number of carbonyl (C=O) groups excluding carboxylic acids is 1. The van der Waals surface area contributed by atoms with Gasteiger partial charge in [-0.05, 0) is 67.8 Å². The molecule has 0 radical (unpaired) electrons. The van der Waals surface area contributed by atoms with Crippen molar-refractivity contribution in [2.75, 3.05) is 6.54 Å². The van der Waals surface area contributed by atoms with Crippen molar-refractivity contribution in [3.8, 4) is 11.1 Å². The van der Waals surface area contributed by atoms with E-state index in [4.69, 9.17) is 5.73 Å². The highest BCUT2D eigenvalue weighted by molar-refractivity contribution is 5.96. The number of hydrogen-bond donors (Lipinski definition) is 3. The van der Waals surface area contributed by atoms with E-state index < -0.39 is 0 Å². The molecule has 0 spiro atoms. The summed E-state index contributed by atoms with van der Waals surface area (Å²) in [6, 6.07) is 22.0. The number of carbonyl (C=O) groups is 1. The van der Waals surface area contributed by atoms with E-state index in [0.29, 0.717) is 18.5 Å². The first-order valence-electron chi connectivity index (χ1n) is 10.2. The summed E-state index contributed by atoms with van der Waals surface area (Å²) in [7, 11) is 0. The molecule has 1 amide bonds. The molecule has 3 aromatic carbocycles. The van der Waals surface area contributed by atoms with Gasteiger partial charge in [0.1, 0.15) is 0 Å². The van der Waals surface area contributed by atoms with Crippen LogP contribution in [-0.2, 0) is 0 Å². The molecule has 0 saturated heterocycles. The quantitative estimate of drug-likeness (QED) is 0.441. The predicted molar refractivity (Wildman–Crippen MR) is 121 cm³/mol. The molecule has 1 aromatic heterocycles. The highest BCUT2D eigenvalue weighted by atomic mass is 16.1. The molecular formula is C25H26N4O. The van der Waals surface area contributed by atoms with Gasteiger partial charge in [0.2, 0.25) is 0 Å². The van der Waals surface area contributed by atoms with E-state index in [-0.39, 0.29) is 11.9 Å². The lowest BCUT2D eigenvalue weighted by atomic mass is 9.99. The molecule has 5 heteroatoms. The van der Waals surface area contributed by atoms with Crippen LogP contribution in [0, 0.1) is 13.8 Å². The number of aromatic nitrogens is 2. The van der Waals surface area contributed by atoms with E-state index in [1.807, 2.05) is 68.4 Å². The van der Waals surface area contributed by atoms with Gasteiger partial charge in [-0.2, -0.15) is 5.10 Å². The zero-order valence-corrected chi connectivity index (χ0v) is 17.3. The molecule has 0 saturated carbocycles. The lowest BCUT2D eigenvalue weighted by Gasteiger charge is -2.19. The number of fused-ring (bicyclic) bond motifs is 1. The van der Waals surface area contributed by atoms with Gasteiger partial charge in [-0.3, -0.25) is 9.89 Å². The number of hydrogen-bond acceptors (Lipinski definition) is 3. The fraction of sp³-hybridized carbons (Fsp3) is 0.200. The molecule has 1 atom stereocenters. The third-order valence-corrected chi connectivity index (χ3v) is 5.42. The first-order chi connectivity index (χ1) is 14.5. The summed E-state index contributed by atoms with van der Waals surface area (Å²) in [6.07, 6.45) is 0.686. The maximum absolute atomic E-state index is 13.0. The van der Waals surface area contributed by atoms with Gasteiger partial charge in [0.15, 0.2) is 0 Å². The van der Waals surface area contributed by atoms with E-state index >= 15 is 0 Å². The Bertz CT molecular complexity index is 1190. The lowest BCUT2D eigenvalue weighted by molar-refractivity contribution is 0.0935. The molecule has 0 fully saturated rings. The summed E-state index contributed by atoms with van der Waals surface area (Å²) in [4.78, 5) is 13.0. The number of nitrogens with one attached hydrogen (secondary N) is 2. The van der Waals surface area contributed by atoms with Gasteiger partial charge in [-0.1, -0.05) is 48.0 Å². The zero-order valence-electron chi connectivity index (χ0n) is 17.3. The second kappa shape index (κ2) is 8.51. The molecule has 0 aliphatic rings. The minimum absolute atomic E-state index is 0.0997. The fourth-order valence-electron chi connectivity index (χ4n) is 3.78. The molecule has 0 unspecified atom stereocenters. The minimum Gasteiger partial charge on any atom is -0.345 e. The molecule has 152 valence electrons. The van der Waals surface area contributed by atoms with Crippen LogP contribution in [0.1, 0.15) is 39.6 Å². The van der Waals surface area contributed by atoms with Crippen LogP contribution in [0.3, 0.4) is 0 Å². The number of amides is 1. The van der Waals surface area contributed by atoms with Crippen LogP contribution in [0.5, 0.6) is 0 Å². The summed E-state index contributed by atoms with van der Waals surface area (Å²) < 4.78 is 0. The summed E-state index contributed by atoms with van der Waals surface area (Å²) in [5, 5.41) is 11.5. The maximum atomic E-state index is 13.0. The summed E-state index contributed by atoms with van der Waals surface area (Å²) in [5.74, 6) is -0.0997. The largest absolute Gasteiger partial charge is 0.345 e. The number of nitrogens with zero attached hydrogens (tertiary/aromatic N) is 1. The van der Waals surface area contributed by atoms with Gasteiger partial charge in [0.05, 0.1) is 17.3 Å². The smallest absolute Gasteiger partial charge is 0.251 e. The molecule has 1 heterocycles. The summed E-state index contributed by atoms with van der Waals surface area (Å²) >= 11 is 0. The number of nitrogens with two attached hydrogens (primary N) is 1. The van der Waals surface area contributed by atoms with Crippen LogP contribution in [0.15, 0.2) is 66.7 Å². The van der Waals surface area contributed by atoms with Gasteiger partial charge in [-0.25, -0.2) is 0 Å². The van der Waals surface area contributed by atoms with Crippen LogP contribution < -0.4 is 11.1 Å². The maximum Gasteiger partial charge on any atom is 0.251 e. The lowest BCUT2D eigenvalue weighted by Crippen LogP contribution is -2.30. The first kappa shape index (κ1) is 19.9. The Balaban J connectivity index is 1.60. The van der Waals surface area contributed by atoms with Gasteiger partial charge >= 0.3 is 0 Å². The Labute approximate surface area is 176 Å². The second-order valence-corrected chi connectivity index (χ2v) is 7.67. The molecule has 0 aliphatic carbocycles. The Kier molecular flexibility index (Phi) is 5.63. The number of benzene rings is 3. The molecule has 0 bridgehead atoms. The normalized spacial score (nSPS) is 12.1. The van der Waals surface area contributed by atoms with Crippen LogP contribution >= 0.6 is 0 Å². The van der Waals surface area contributed by atoms with Crippen molar-refractivity contribution >= 4 is 16.8 Å². The SMILES string of the molecule is Cc1cccc([C@H](CCN)NC(=O)c2cccc(-c3ccc4[nH]nc(C)c4c3)c2)c1. The van der Waals surface area contributed by atoms with Crippen molar-refractivity contribution in [3.63, 3.8) is 0 Å². The fourth-order valence-corrected chi connectivity index (χ4v) is 3.78. The van der Waals surface area contributed by atoms with E-state index in [2.05, 4.69) is 27.6 Å². The number of aryl methyl sites for hydroxylation is 2. The molecule has 30 heavy (non-hydrogen) atoms. The van der Waals surface area contributed by atoms with Crippen molar-refractivity contribution in [1.29, 1.82) is 0 Å². The Morgan fingerprint density at radius 3 is 2.63 bits per heavy atom. The van der Waals surface area contributed by atoms with Crippen LogP contribution in [0.4, 0.5) is 0 Å². The molecule has 0 aliphatic heterocycles. The van der Waals surface area contributed by atoms with Crippen LogP contribution in [0.2, 0.25) is 0 Å². The standard InChI is InChI=1S/C25H26N4O/c1-16-5-3-7-20(13-16)23(11-12-26)27-25(30)21-8-4-6-18(14-21)19-9-10-24-22(15-19)17(2)28-29-24/h3-10,13-15,23H,11-12,26H2,1-2H3,(H,27,30)(H,28,29)/t23-/m0/s1. The number of aromatic amines is 1. The van der Waals surface area contributed by atoms with Gasteiger partial charge < -0.3 is 11.1 Å². The van der Waals surface area contributed by atoms with Crippen molar-refractivity contribution in [2.45, 2.75) is 26.3 Å². The number of H-pyrrole nitrogens is 1. The average Bonchev–Trinajstić information content (AvgIpc) is 3.13. The van der Waals surface area contributed by atoms with Crippen molar-refractivity contribution in [2.24, 2.45) is 5.73 Å². The van der Waals surface area contributed by atoms with E-state index in [1.165, 1.54) is 0 Å². The first-order valence-corrected chi connectivity index (χ1v) is 10.2. The van der Waals surface area contributed by atoms with E-state index in [0.717, 1.165) is 38.9 Å². The van der Waals surface area contributed by atoms with Crippen LogP contribution in [-0.4, -0.2) is 22.6 Å². The van der Waals surface area contributed by atoms with Gasteiger partial charge in [0, 0.05) is 10.9 Å². The van der Waals surface area contributed by atoms with Gasteiger partial charge in [-0.15, -0.1) is 0 Å². The van der Waals surface area contributed by atoms with Crippen molar-refractivity contribution in [1.82, 2.24) is 15.5 Å². The molecule has 4 rings (SSSR count). The highest BCUT2D eigenvalue weighted by Crippen LogP contribution is 2.26. The number of rotatable bonds is 6. The minimum atomic E-state index is -0.115. The zero-order chi connectivity index (χ0) is 21.1. The third kappa shape index (κ3) is 4.11. The van der Waals surface area contributed by atoms with Crippen LogP contribution in [0.25, 0.3) is 22.0 Å². The Morgan fingerprint density at radius 2 is 1.83 bits per heavy atom. The summed E-state index contributed by atoms with van der Waals surface area (Å²) in [6.45, 7) is 4.53. The van der Waals surface area contributed by atoms with Crippen molar-refractivity contribution in [3.05, 3.63) is 89.1 Å². The molecule has 4 aromatic rings. The van der Waals surface area contributed by atoms with E-state index in [9.17, 15) is 4.79 Å². The second-order valence-electron chi connectivity index (χ2n) is 7.67. The molecule has 4 N–H and O–H groups in total. The predicted octanol–water partition coefficient (Wildman–Crippen LogP) is 4.67. The topological polar surface area (TPSA) is 83.8 Å². The Morgan fingerprint density at radius 1 is 1.03 bits per heavy atom. The van der Waals surface area contributed by atoms with Crippen molar-refractivity contribution < 1.29 is 4.79 Å². The molecule has 5 nitrogen and oxygen atoms in total. The average molecular weight is 399 g/mol. The summed E-state index contributed by atoms with van der Waals surface area (Å²) in [5.41, 5.74) is 12.7. The van der Waals surface area contributed by atoms with E-state index in [1.54, 1.807) is 0 Å². The van der Waals surface area contributed by atoms with Gasteiger partial charge in [0.25, 0.3) is 5.91 Å².